The van der Waals surface area contributed by atoms with Crippen LogP contribution in [0.1, 0.15) is 26.7 Å². The topological polar surface area (TPSA) is 32.5 Å². The summed E-state index contributed by atoms with van der Waals surface area (Å²) in [5.74, 6) is 0.316. The molecule has 1 aliphatic heterocycles. The highest BCUT2D eigenvalue weighted by Gasteiger charge is 2.24. The van der Waals surface area contributed by atoms with Crippen LogP contribution < -0.4 is 5.73 Å². The van der Waals surface area contributed by atoms with Gasteiger partial charge >= 0.3 is 0 Å². The third kappa shape index (κ3) is 4.00. The lowest BCUT2D eigenvalue weighted by molar-refractivity contribution is 0.193. The molecular weight excluding hydrogens is 218 g/mol. The molecule has 0 aromatic carbocycles. The van der Waals surface area contributed by atoms with Gasteiger partial charge in [0.1, 0.15) is 0 Å². The van der Waals surface area contributed by atoms with Gasteiger partial charge in [0.25, 0.3) is 0 Å². The van der Waals surface area contributed by atoms with Crippen molar-refractivity contribution in [3.63, 3.8) is 0 Å². The van der Waals surface area contributed by atoms with Crippen molar-refractivity contribution in [3.05, 3.63) is 0 Å². The van der Waals surface area contributed by atoms with Crippen molar-refractivity contribution in [3.8, 4) is 0 Å². The Labute approximate surface area is 105 Å². The Morgan fingerprint density at radius 3 is 2.88 bits per heavy atom. The molecule has 1 rings (SSSR count). The largest absolute Gasteiger partial charge is 0.393 e. The highest BCUT2D eigenvalue weighted by atomic mass is 32.1. The molecule has 0 spiro atoms. The zero-order valence-electron chi connectivity index (χ0n) is 10.8. The molecule has 0 saturated carbocycles. The number of thiocarbonyl (C=S) groups is 1. The average molecular weight is 243 g/mol. The van der Waals surface area contributed by atoms with Crippen molar-refractivity contribution in [2.75, 3.05) is 33.2 Å². The molecule has 0 bridgehead atoms. The summed E-state index contributed by atoms with van der Waals surface area (Å²) in [5, 5.41) is 0. The molecule has 1 aliphatic rings. The standard InChI is InChI=1S/C12H25N3S/c1-4-15-7-5-6-11(15)9-14(3)8-10(2)12(13)16/h10-11H,4-9H2,1-3H3,(H2,13,16). The number of hydrogen-bond acceptors (Lipinski definition) is 3. The lowest BCUT2D eigenvalue weighted by Gasteiger charge is -2.29. The Morgan fingerprint density at radius 2 is 2.31 bits per heavy atom. The minimum atomic E-state index is 0.316. The maximum absolute atomic E-state index is 5.64. The van der Waals surface area contributed by atoms with Gasteiger partial charge in [0.2, 0.25) is 0 Å². The van der Waals surface area contributed by atoms with Gasteiger partial charge in [-0.25, -0.2) is 0 Å². The molecule has 2 unspecified atom stereocenters. The highest BCUT2D eigenvalue weighted by molar-refractivity contribution is 7.80. The SMILES string of the molecule is CCN1CCCC1CN(C)CC(C)C(N)=S. The van der Waals surface area contributed by atoms with Crippen molar-refractivity contribution >= 4 is 17.2 Å². The second-order valence-corrected chi connectivity index (χ2v) is 5.42. The molecule has 0 amide bonds. The van der Waals surface area contributed by atoms with Crippen LogP contribution in [-0.2, 0) is 0 Å². The van der Waals surface area contributed by atoms with E-state index in [1.165, 1.54) is 25.9 Å². The van der Waals surface area contributed by atoms with Gasteiger partial charge < -0.3 is 10.6 Å². The van der Waals surface area contributed by atoms with Crippen LogP contribution in [0.3, 0.4) is 0 Å². The number of nitrogens with two attached hydrogens (primary N) is 1. The van der Waals surface area contributed by atoms with E-state index >= 15 is 0 Å². The fourth-order valence-electron chi connectivity index (χ4n) is 2.51. The molecule has 0 radical (unpaired) electrons. The summed E-state index contributed by atoms with van der Waals surface area (Å²) in [6.07, 6.45) is 2.68. The van der Waals surface area contributed by atoms with Crippen molar-refractivity contribution in [2.45, 2.75) is 32.7 Å². The van der Waals surface area contributed by atoms with Crippen molar-refractivity contribution in [1.82, 2.24) is 9.80 Å². The van der Waals surface area contributed by atoms with Crippen molar-refractivity contribution < 1.29 is 0 Å². The Balaban J connectivity index is 2.33. The first-order chi connectivity index (χ1) is 7.54. The van der Waals surface area contributed by atoms with Crippen LogP contribution in [0.5, 0.6) is 0 Å². The number of nitrogens with zero attached hydrogens (tertiary/aromatic N) is 2. The zero-order valence-corrected chi connectivity index (χ0v) is 11.6. The van der Waals surface area contributed by atoms with Gasteiger partial charge in [-0.2, -0.15) is 0 Å². The van der Waals surface area contributed by atoms with E-state index in [0.717, 1.165) is 19.1 Å². The van der Waals surface area contributed by atoms with E-state index in [1.54, 1.807) is 0 Å². The summed E-state index contributed by atoms with van der Waals surface area (Å²) >= 11 is 5.01. The van der Waals surface area contributed by atoms with Gasteiger partial charge in [0, 0.05) is 25.0 Å². The van der Waals surface area contributed by atoms with Gasteiger partial charge in [0.05, 0.1) is 4.99 Å². The molecule has 2 N–H and O–H groups in total. The summed E-state index contributed by atoms with van der Waals surface area (Å²) in [7, 11) is 2.17. The molecule has 2 atom stereocenters. The van der Waals surface area contributed by atoms with Crippen LogP contribution in [0.2, 0.25) is 0 Å². The van der Waals surface area contributed by atoms with E-state index in [1.807, 2.05) is 0 Å². The molecular formula is C12H25N3S. The molecule has 0 aromatic rings. The monoisotopic (exact) mass is 243 g/mol. The molecule has 1 heterocycles. The maximum atomic E-state index is 5.64. The van der Waals surface area contributed by atoms with E-state index in [9.17, 15) is 0 Å². The third-order valence-electron chi connectivity index (χ3n) is 3.50. The number of hydrogen-bond donors (Lipinski definition) is 1. The minimum absolute atomic E-state index is 0.316. The molecule has 94 valence electrons. The Kier molecular flexibility index (Phi) is 5.66. The first-order valence-corrected chi connectivity index (χ1v) is 6.67. The fraction of sp³-hybridized carbons (Fsp3) is 0.917. The van der Waals surface area contributed by atoms with Crippen LogP contribution in [-0.4, -0.2) is 54.1 Å². The van der Waals surface area contributed by atoms with Gasteiger partial charge in [-0.15, -0.1) is 0 Å². The van der Waals surface area contributed by atoms with E-state index < -0.39 is 0 Å². The van der Waals surface area contributed by atoms with Crippen LogP contribution >= 0.6 is 12.2 Å². The van der Waals surface area contributed by atoms with Crippen LogP contribution in [0.25, 0.3) is 0 Å². The van der Waals surface area contributed by atoms with Crippen molar-refractivity contribution in [1.29, 1.82) is 0 Å². The Bertz CT molecular complexity index is 232. The smallest absolute Gasteiger partial charge is 0.0768 e. The minimum Gasteiger partial charge on any atom is -0.393 e. The normalized spacial score (nSPS) is 23.9. The molecule has 3 nitrogen and oxygen atoms in total. The highest BCUT2D eigenvalue weighted by Crippen LogP contribution is 2.17. The second kappa shape index (κ2) is 6.52. The lowest BCUT2D eigenvalue weighted by Crippen LogP contribution is -2.41. The second-order valence-electron chi connectivity index (χ2n) is 4.95. The summed E-state index contributed by atoms with van der Waals surface area (Å²) < 4.78 is 0. The van der Waals surface area contributed by atoms with Crippen LogP contribution in [0, 0.1) is 5.92 Å². The zero-order chi connectivity index (χ0) is 12.1. The van der Waals surface area contributed by atoms with Gasteiger partial charge in [-0.05, 0) is 33.0 Å². The summed E-state index contributed by atoms with van der Waals surface area (Å²) in [5.41, 5.74) is 5.64. The average Bonchev–Trinajstić information content (AvgIpc) is 2.64. The quantitative estimate of drug-likeness (QED) is 0.713. The Hall–Kier alpha value is -0.190. The first-order valence-electron chi connectivity index (χ1n) is 6.26. The molecule has 1 fully saturated rings. The van der Waals surface area contributed by atoms with Crippen molar-refractivity contribution in [2.24, 2.45) is 11.7 Å². The lowest BCUT2D eigenvalue weighted by atomic mass is 10.1. The molecule has 16 heavy (non-hydrogen) atoms. The summed E-state index contributed by atoms with van der Waals surface area (Å²) in [4.78, 5) is 5.57. The predicted octanol–water partition coefficient (Wildman–Crippen LogP) is 1.32. The van der Waals surface area contributed by atoms with Crippen LogP contribution in [0.15, 0.2) is 0 Å². The number of likely N-dealkylation sites (tertiary alicyclic amines) is 1. The van der Waals surface area contributed by atoms with E-state index in [2.05, 4.69) is 30.7 Å². The van der Waals surface area contributed by atoms with Crippen LogP contribution in [0.4, 0.5) is 0 Å². The maximum Gasteiger partial charge on any atom is 0.0768 e. The van der Waals surface area contributed by atoms with E-state index in [4.69, 9.17) is 18.0 Å². The summed E-state index contributed by atoms with van der Waals surface area (Å²) in [6.45, 7) is 8.90. The van der Waals surface area contributed by atoms with Gasteiger partial charge in [-0.3, -0.25) is 4.90 Å². The molecule has 1 saturated heterocycles. The fourth-order valence-corrected chi connectivity index (χ4v) is 2.58. The van der Waals surface area contributed by atoms with Gasteiger partial charge in [-0.1, -0.05) is 26.1 Å². The van der Waals surface area contributed by atoms with Gasteiger partial charge in [0.15, 0.2) is 0 Å². The predicted molar refractivity (Wildman–Crippen MR) is 73.7 cm³/mol. The third-order valence-corrected chi connectivity index (χ3v) is 3.90. The van der Waals surface area contributed by atoms with E-state index in [-0.39, 0.29) is 0 Å². The number of likely N-dealkylation sites (N-methyl/N-ethyl adjacent to an activating group) is 2. The Morgan fingerprint density at radius 1 is 1.62 bits per heavy atom. The number of rotatable bonds is 6. The molecule has 0 aromatic heterocycles. The molecule has 4 heteroatoms. The summed E-state index contributed by atoms with van der Waals surface area (Å²) in [6, 6.07) is 0.730. The first kappa shape index (κ1) is 13.9. The van der Waals surface area contributed by atoms with E-state index in [0.29, 0.717) is 10.9 Å². The molecule has 0 aliphatic carbocycles.